The molecule has 6 N–H and O–H groups in total. The van der Waals surface area contributed by atoms with Crippen molar-refractivity contribution < 1.29 is 18.0 Å². The Kier molecular flexibility index (Phi) is 5.62. The second kappa shape index (κ2) is 7.51. The van der Waals surface area contributed by atoms with Crippen LogP contribution in [-0.4, -0.2) is 20.2 Å². The Morgan fingerprint density at radius 1 is 1.04 bits per heavy atom. The molecule has 0 unspecified atom stereocenters. The third kappa shape index (κ3) is 5.18. The molecule has 0 aromatic heterocycles. The molecule has 0 saturated carbocycles. The Bertz CT molecular complexity index is 914. The normalized spacial score (nSPS) is 11.0. The van der Waals surface area contributed by atoms with E-state index < -0.39 is 21.8 Å². The zero-order valence-corrected chi connectivity index (χ0v) is 14.4. The summed E-state index contributed by atoms with van der Waals surface area (Å²) < 4.78 is 22.3. The maximum absolute atomic E-state index is 11.8. The first kappa shape index (κ1) is 18.7. The molecule has 0 saturated heterocycles. The second-order valence-electron chi connectivity index (χ2n) is 5.06. The number of hydrogen-bond acceptors (Lipinski definition) is 5. The Labute approximate surface area is 149 Å². The largest absolute Gasteiger partial charge is 0.398 e. The minimum atomic E-state index is -3.78. The van der Waals surface area contributed by atoms with Gasteiger partial charge in [-0.15, -0.1) is 0 Å². The third-order valence-corrected chi connectivity index (χ3v) is 4.43. The fourth-order valence-electron chi connectivity index (χ4n) is 1.85. The molecule has 2 aromatic carbocycles. The van der Waals surface area contributed by atoms with Crippen molar-refractivity contribution in [3.63, 3.8) is 0 Å². The van der Waals surface area contributed by atoms with Crippen LogP contribution in [0.5, 0.6) is 0 Å². The van der Waals surface area contributed by atoms with Gasteiger partial charge in [-0.1, -0.05) is 23.7 Å². The van der Waals surface area contributed by atoms with Gasteiger partial charge in [0.2, 0.25) is 10.0 Å². The lowest BCUT2D eigenvalue weighted by atomic mass is 10.2. The number of nitrogens with two attached hydrogens (primary N) is 2. The maximum atomic E-state index is 11.8. The fourth-order valence-corrected chi connectivity index (χ4v) is 2.55. The highest BCUT2D eigenvalue weighted by Gasteiger charge is 2.14. The fraction of sp³-hybridized carbons (Fsp3) is 0.0667. The molecule has 0 aliphatic carbocycles. The molecule has 0 radical (unpaired) electrons. The molecular weight excluding hydrogens is 368 g/mol. The van der Waals surface area contributed by atoms with Gasteiger partial charge in [-0.2, -0.15) is 0 Å². The van der Waals surface area contributed by atoms with Crippen LogP contribution in [0.25, 0.3) is 0 Å². The molecule has 2 amide bonds. The van der Waals surface area contributed by atoms with Crippen LogP contribution >= 0.6 is 11.6 Å². The van der Waals surface area contributed by atoms with Crippen LogP contribution in [0.1, 0.15) is 5.56 Å². The van der Waals surface area contributed by atoms with Crippen molar-refractivity contribution >= 4 is 44.8 Å². The predicted octanol–water partition coefficient (Wildman–Crippen LogP) is 0.825. The molecule has 2 rings (SSSR count). The summed E-state index contributed by atoms with van der Waals surface area (Å²) in [5.74, 6) is -1.73. The van der Waals surface area contributed by atoms with E-state index in [1.807, 2.05) is 0 Å². The first-order valence-corrected chi connectivity index (χ1v) is 8.85. The molecule has 0 spiro atoms. The van der Waals surface area contributed by atoms with E-state index in [9.17, 15) is 18.0 Å². The van der Waals surface area contributed by atoms with E-state index >= 15 is 0 Å². The van der Waals surface area contributed by atoms with E-state index in [1.54, 1.807) is 0 Å². The van der Waals surface area contributed by atoms with Gasteiger partial charge in [0.25, 0.3) is 0 Å². The summed E-state index contributed by atoms with van der Waals surface area (Å²) in [4.78, 5) is 23.6. The summed E-state index contributed by atoms with van der Waals surface area (Å²) in [7, 11) is -3.78. The minimum Gasteiger partial charge on any atom is -0.398 e. The number of carbonyl (C=O) groups is 2. The highest BCUT2D eigenvalue weighted by atomic mass is 35.5. The summed E-state index contributed by atoms with van der Waals surface area (Å²) in [6.45, 7) is 0.0413. The van der Waals surface area contributed by atoms with Crippen LogP contribution in [0.2, 0.25) is 5.02 Å². The smallest absolute Gasteiger partial charge is 0.313 e. The maximum Gasteiger partial charge on any atom is 0.313 e. The van der Waals surface area contributed by atoms with Crippen molar-refractivity contribution in [3.05, 3.63) is 53.1 Å². The summed E-state index contributed by atoms with van der Waals surface area (Å²) in [5.41, 5.74) is 6.84. The van der Waals surface area contributed by atoms with E-state index in [0.29, 0.717) is 16.9 Å². The number of anilines is 2. The number of halogens is 1. The minimum absolute atomic E-state index is 0.0412. The van der Waals surface area contributed by atoms with Crippen LogP contribution in [0, 0.1) is 0 Å². The number of primary sulfonamides is 1. The Hall–Kier alpha value is -2.62. The average molecular weight is 383 g/mol. The Morgan fingerprint density at radius 3 is 2.24 bits per heavy atom. The molecule has 0 aliphatic rings. The molecule has 25 heavy (non-hydrogen) atoms. The third-order valence-electron chi connectivity index (χ3n) is 3.17. The van der Waals surface area contributed by atoms with E-state index in [2.05, 4.69) is 10.6 Å². The van der Waals surface area contributed by atoms with Gasteiger partial charge >= 0.3 is 11.8 Å². The summed E-state index contributed by atoms with van der Waals surface area (Å²) >= 11 is 5.83. The Balaban J connectivity index is 1.93. The van der Waals surface area contributed by atoms with Gasteiger partial charge in [-0.05, 0) is 35.9 Å². The van der Waals surface area contributed by atoms with E-state index in [1.165, 1.54) is 42.5 Å². The van der Waals surface area contributed by atoms with Crippen LogP contribution in [0.3, 0.4) is 0 Å². The Morgan fingerprint density at radius 2 is 1.68 bits per heavy atom. The monoisotopic (exact) mass is 382 g/mol. The van der Waals surface area contributed by atoms with Crippen LogP contribution < -0.4 is 21.5 Å². The summed E-state index contributed by atoms with van der Waals surface area (Å²) in [5, 5.41) is 10.1. The van der Waals surface area contributed by atoms with E-state index in [-0.39, 0.29) is 16.5 Å². The molecule has 0 fully saturated rings. The molecule has 10 heteroatoms. The van der Waals surface area contributed by atoms with E-state index in [0.717, 1.165) is 0 Å². The van der Waals surface area contributed by atoms with Crippen molar-refractivity contribution in [2.75, 3.05) is 11.1 Å². The first-order valence-electron chi connectivity index (χ1n) is 6.93. The van der Waals surface area contributed by atoms with Gasteiger partial charge in [0.1, 0.15) is 0 Å². The average Bonchev–Trinajstić information content (AvgIpc) is 2.55. The number of nitrogen functional groups attached to an aromatic ring is 1. The van der Waals surface area contributed by atoms with Crippen molar-refractivity contribution in [1.29, 1.82) is 0 Å². The standard InChI is InChI=1S/C15H15ClN4O4S/c16-12-7-10(3-6-13(12)17)20-15(22)14(21)19-8-9-1-4-11(5-2-9)25(18,23)24/h1-7H,8,17H2,(H,19,21)(H,20,22)(H2,18,23,24). The lowest BCUT2D eigenvalue weighted by molar-refractivity contribution is -0.136. The molecule has 132 valence electrons. The summed E-state index contributed by atoms with van der Waals surface area (Å²) in [6, 6.07) is 10.0. The highest BCUT2D eigenvalue weighted by molar-refractivity contribution is 7.89. The van der Waals surface area contributed by atoms with Gasteiger partial charge in [0.15, 0.2) is 0 Å². The molecule has 2 aromatic rings. The first-order chi connectivity index (χ1) is 11.7. The number of rotatable bonds is 4. The zero-order valence-electron chi connectivity index (χ0n) is 12.8. The number of carbonyl (C=O) groups excluding carboxylic acids is 2. The number of amides is 2. The number of hydrogen-bond donors (Lipinski definition) is 4. The number of benzene rings is 2. The molecule has 8 nitrogen and oxygen atoms in total. The summed E-state index contributed by atoms with van der Waals surface area (Å²) in [6.07, 6.45) is 0. The molecule has 0 heterocycles. The van der Waals surface area contributed by atoms with Gasteiger partial charge in [0.05, 0.1) is 15.6 Å². The topological polar surface area (TPSA) is 144 Å². The van der Waals surface area contributed by atoms with Crippen molar-refractivity contribution in [3.8, 4) is 0 Å². The van der Waals surface area contributed by atoms with Crippen LogP contribution in [0.4, 0.5) is 11.4 Å². The quantitative estimate of drug-likeness (QED) is 0.457. The molecular formula is C15H15ClN4O4S. The van der Waals surface area contributed by atoms with Gasteiger partial charge in [0, 0.05) is 12.2 Å². The van der Waals surface area contributed by atoms with Gasteiger partial charge in [-0.3, -0.25) is 9.59 Å². The van der Waals surface area contributed by atoms with Crippen LogP contribution in [-0.2, 0) is 26.2 Å². The van der Waals surface area contributed by atoms with Crippen molar-refractivity contribution in [2.45, 2.75) is 11.4 Å². The SMILES string of the molecule is Nc1ccc(NC(=O)C(=O)NCc2ccc(S(N)(=O)=O)cc2)cc1Cl. The van der Waals surface area contributed by atoms with Crippen molar-refractivity contribution in [2.24, 2.45) is 5.14 Å². The van der Waals surface area contributed by atoms with Gasteiger partial charge < -0.3 is 16.4 Å². The predicted molar refractivity (Wildman–Crippen MR) is 94.2 cm³/mol. The number of sulfonamides is 1. The number of nitrogens with one attached hydrogen (secondary N) is 2. The van der Waals surface area contributed by atoms with Crippen molar-refractivity contribution in [1.82, 2.24) is 5.32 Å². The molecule has 0 aliphatic heterocycles. The van der Waals surface area contributed by atoms with E-state index in [4.69, 9.17) is 22.5 Å². The molecule has 0 bridgehead atoms. The zero-order chi connectivity index (χ0) is 18.6. The second-order valence-corrected chi connectivity index (χ2v) is 7.03. The lowest BCUT2D eigenvalue weighted by Gasteiger charge is -2.08. The molecule has 0 atom stereocenters. The van der Waals surface area contributed by atoms with Crippen LogP contribution in [0.15, 0.2) is 47.4 Å². The van der Waals surface area contributed by atoms with Gasteiger partial charge in [-0.25, -0.2) is 13.6 Å². The lowest BCUT2D eigenvalue weighted by Crippen LogP contribution is -2.34. The highest BCUT2D eigenvalue weighted by Crippen LogP contribution is 2.22.